The van der Waals surface area contributed by atoms with Crippen LogP contribution in [0.4, 0.5) is 0 Å². The molecule has 0 unspecified atom stereocenters. The fourth-order valence-electron chi connectivity index (χ4n) is 3.08. The summed E-state index contributed by atoms with van der Waals surface area (Å²) in [6.45, 7) is 4.92. The average molecular weight is 343 g/mol. The number of carbonyl (C=O) groups is 1. The van der Waals surface area contributed by atoms with Gasteiger partial charge in [-0.15, -0.1) is 0 Å². The summed E-state index contributed by atoms with van der Waals surface area (Å²) >= 11 is 0. The van der Waals surface area contributed by atoms with Gasteiger partial charge in [0.05, 0.1) is 19.4 Å². The van der Waals surface area contributed by atoms with Crippen molar-refractivity contribution in [1.82, 2.24) is 14.9 Å². The predicted molar refractivity (Wildman–Crippen MR) is 94.5 cm³/mol. The molecule has 134 valence electrons. The molecule has 2 aromatic rings. The second-order valence-electron chi connectivity index (χ2n) is 6.50. The van der Waals surface area contributed by atoms with Crippen molar-refractivity contribution in [3.63, 3.8) is 0 Å². The molecule has 25 heavy (non-hydrogen) atoms. The smallest absolute Gasteiger partial charge is 0.249 e. The minimum absolute atomic E-state index is 0.0758. The Bertz CT molecular complexity index is 741. The second kappa shape index (κ2) is 7.70. The molecule has 1 aliphatic rings. The number of methoxy groups -OCH3 is 1. The molecule has 3 rings (SSSR count). The summed E-state index contributed by atoms with van der Waals surface area (Å²) in [6, 6.07) is 7.78. The van der Waals surface area contributed by atoms with Crippen molar-refractivity contribution in [1.29, 1.82) is 0 Å². The molecule has 6 nitrogen and oxygen atoms in total. The molecule has 2 atom stereocenters. The lowest BCUT2D eigenvalue weighted by molar-refractivity contribution is -0.133. The number of hydrogen-bond acceptors (Lipinski definition) is 4. The van der Waals surface area contributed by atoms with Crippen LogP contribution in [0.5, 0.6) is 5.75 Å². The van der Waals surface area contributed by atoms with Crippen molar-refractivity contribution in [2.45, 2.75) is 52.0 Å². The third kappa shape index (κ3) is 4.39. The van der Waals surface area contributed by atoms with E-state index in [2.05, 4.69) is 14.9 Å². The van der Waals surface area contributed by atoms with Crippen LogP contribution in [0.25, 0.3) is 0 Å². The Kier molecular flexibility index (Phi) is 5.38. The summed E-state index contributed by atoms with van der Waals surface area (Å²) in [7, 11) is 1.63. The molecular weight excluding hydrogens is 318 g/mol. The minimum Gasteiger partial charge on any atom is -0.497 e. The van der Waals surface area contributed by atoms with Crippen molar-refractivity contribution in [3.8, 4) is 5.75 Å². The van der Waals surface area contributed by atoms with E-state index in [4.69, 9.17) is 9.47 Å². The third-order valence-corrected chi connectivity index (χ3v) is 4.46. The van der Waals surface area contributed by atoms with Gasteiger partial charge in [-0.1, -0.05) is 12.1 Å². The molecule has 0 aliphatic carbocycles. The van der Waals surface area contributed by atoms with E-state index >= 15 is 0 Å². The molecule has 0 radical (unpaired) electrons. The number of imidazole rings is 1. The van der Waals surface area contributed by atoms with Crippen LogP contribution in [0.15, 0.2) is 30.5 Å². The predicted octanol–water partition coefficient (Wildman–Crippen LogP) is 2.24. The number of ether oxygens (including phenoxy) is 2. The van der Waals surface area contributed by atoms with E-state index in [0.29, 0.717) is 6.61 Å². The highest BCUT2D eigenvalue weighted by molar-refractivity contribution is 5.80. The van der Waals surface area contributed by atoms with Crippen LogP contribution in [0.1, 0.15) is 30.4 Å². The molecule has 1 aromatic carbocycles. The molecule has 0 fully saturated rings. The molecule has 0 spiro atoms. The van der Waals surface area contributed by atoms with Crippen molar-refractivity contribution in [2.24, 2.45) is 0 Å². The van der Waals surface area contributed by atoms with Gasteiger partial charge in [-0.05, 0) is 38.0 Å². The molecule has 1 aliphatic heterocycles. The Balaban J connectivity index is 1.49. The number of aryl methyl sites for hydroxylation is 2. The fraction of sp³-hybridized carbons (Fsp3) is 0.474. The lowest BCUT2D eigenvalue weighted by Crippen LogP contribution is -2.45. The Morgan fingerprint density at radius 1 is 1.48 bits per heavy atom. The highest BCUT2D eigenvalue weighted by Gasteiger charge is 2.23. The number of rotatable bonds is 6. The monoisotopic (exact) mass is 343 g/mol. The van der Waals surface area contributed by atoms with Gasteiger partial charge in [0.15, 0.2) is 0 Å². The Morgan fingerprint density at radius 3 is 3.12 bits per heavy atom. The van der Waals surface area contributed by atoms with Crippen LogP contribution < -0.4 is 10.1 Å². The van der Waals surface area contributed by atoms with Crippen LogP contribution in [-0.4, -0.2) is 34.7 Å². The zero-order valence-corrected chi connectivity index (χ0v) is 15.0. The normalized spacial score (nSPS) is 17.6. The van der Waals surface area contributed by atoms with Crippen LogP contribution in [0, 0.1) is 6.92 Å². The standard InChI is InChI=1S/C19H25N3O3/c1-13-10-22-11-16(7-8-18(22)20-13)21-19(23)14(2)25-12-15-5-4-6-17(9-15)24-3/h4-6,9-10,14,16H,7-8,11-12H2,1-3H3,(H,21,23)/t14-,16-/m0/s1. The van der Waals surface area contributed by atoms with Gasteiger partial charge in [0.2, 0.25) is 5.91 Å². The van der Waals surface area contributed by atoms with E-state index < -0.39 is 6.10 Å². The first kappa shape index (κ1) is 17.5. The van der Waals surface area contributed by atoms with E-state index in [1.807, 2.05) is 37.4 Å². The zero-order chi connectivity index (χ0) is 17.8. The molecule has 6 heteroatoms. The second-order valence-corrected chi connectivity index (χ2v) is 6.50. The topological polar surface area (TPSA) is 65.4 Å². The molecule has 1 N–H and O–H groups in total. The molecule has 0 saturated carbocycles. The van der Waals surface area contributed by atoms with Crippen LogP contribution in [0.3, 0.4) is 0 Å². The summed E-state index contributed by atoms with van der Waals surface area (Å²) in [4.78, 5) is 16.9. The molecule has 2 heterocycles. The van der Waals surface area contributed by atoms with Gasteiger partial charge in [0, 0.05) is 25.2 Å². The maximum Gasteiger partial charge on any atom is 0.249 e. The number of nitrogens with zero attached hydrogens (tertiary/aromatic N) is 2. The van der Waals surface area contributed by atoms with E-state index in [1.165, 1.54) is 0 Å². The van der Waals surface area contributed by atoms with Gasteiger partial charge in [0.1, 0.15) is 17.7 Å². The first-order valence-corrected chi connectivity index (χ1v) is 8.62. The van der Waals surface area contributed by atoms with Gasteiger partial charge in [-0.3, -0.25) is 4.79 Å². The van der Waals surface area contributed by atoms with E-state index in [-0.39, 0.29) is 11.9 Å². The van der Waals surface area contributed by atoms with E-state index in [9.17, 15) is 4.79 Å². The summed E-state index contributed by atoms with van der Waals surface area (Å²) in [5.74, 6) is 1.81. The maximum atomic E-state index is 12.4. The largest absolute Gasteiger partial charge is 0.497 e. The van der Waals surface area contributed by atoms with Crippen molar-refractivity contribution < 1.29 is 14.3 Å². The molecule has 1 aromatic heterocycles. The summed E-state index contributed by atoms with van der Waals surface area (Å²) < 4.78 is 13.0. The van der Waals surface area contributed by atoms with Crippen molar-refractivity contribution >= 4 is 5.91 Å². The maximum absolute atomic E-state index is 12.4. The Hall–Kier alpha value is -2.34. The fourth-order valence-corrected chi connectivity index (χ4v) is 3.08. The first-order chi connectivity index (χ1) is 12.0. The highest BCUT2D eigenvalue weighted by atomic mass is 16.5. The first-order valence-electron chi connectivity index (χ1n) is 8.62. The number of carbonyl (C=O) groups excluding carboxylic acids is 1. The lowest BCUT2D eigenvalue weighted by Gasteiger charge is -2.26. The summed E-state index contributed by atoms with van der Waals surface area (Å²) in [5.41, 5.74) is 2.01. The van der Waals surface area contributed by atoms with Gasteiger partial charge in [-0.25, -0.2) is 4.98 Å². The number of benzene rings is 1. The van der Waals surface area contributed by atoms with Gasteiger partial charge in [0.25, 0.3) is 0 Å². The van der Waals surface area contributed by atoms with E-state index in [0.717, 1.165) is 42.2 Å². The Morgan fingerprint density at radius 2 is 2.32 bits per heavy atom. The summed E-state index contributed by atoms with van der Waals surface area (Å²) in [5, 5.41) is 3.09. The third-order valence-electron chi connectivity index (χ3n) is 4.46. The van der Waals surface area contributed by atoms with Crippen LogP contribution in [0.2, 0.25) is 0 Å². The van der Waals surface area contributed by atoms with Gasteiger partial charge < -0.3 is 19.4 Å². The number of nitrogens with one attached hydrogen (secondary N) is 1. The minimum atomic E-state index is -0.503. The molecular formula is C19H25N3O3. The lowest BCUT2D eigenvalue weighted by atomic mass is 10.1. The quantitative estimate of drug-likeness (QED) is 0.874. The zero-order valence-electron chi connectivity index (χ0n) is 15.0. The van der Waals surface area contributed by atoms with Crippen LogP contribution >= 0.6 is 0 Å². The van der Waals surface area contributed by atoms with Crippen molar-refractivity contribution in [2.75, 3.05) is 7.11 Å². The SMILES string of the molecule is COc1cccc(CO[C@@H](C)C(=O)N[C@H]2CCc3nc(C)cn3C2)c1. The number of fused-ring (bicyclic) bond motifs is 1. The number of amides is 1. The molecule has 0 saturated heterocycles. The van der Waals surface area contributed by atoms with Gasteiger partial charge >= 0.3 is 0 Å². The van der Waals surface area contributed by atoms with Crippen LogP contribution in [-0.2, 0) is 29.1 Å². The number of hydrogen-bond donors (Lipinski definition) is 1. The van der Waals surface area contributed by atoms with E-state index in [1.54, 1.807) is 14.0 Å². The molecule has 0 bridgehead atoms. The molecule has 1 amide bonds. The summed E-state index contributed by atoms with van der Waals surface area (Å²) in [6.07, 6.45) is 3.33. The number of aromatic nitrogens is 2. The van der Waals surface area contributed by atoms with Gasteiger partial charge in [-0.2, -0.15) is 0 Å². The highest BCUT2D eigenvalue weighted by Crippen LogP contribution is 2.16. The average Bonchev–Trinajstić information content (AvgIpc) is 2.99. The Labute approximate surface area is 148 Å². The van der Waals surface area contributed by atoms with Crippen molar-refractivity contribution in [3.05, 3.63) is 47.5 Å².